The molecule has 2 rings (SSSR count). The summed E-state index contributed by atoms with van der Waals surface area (Å²) in [4.78, 5) is 11.2. The molecule has 1 saturated heterocycles. The first-order chi connectivity index (χ1) is 8.20. The van der Waals surface area contributed by atoms with Gasteiger partial charge in [-0.2, -0.15) is 0 Å². The van der Waals surface area contributed by atoms with Crippen molar-refractivity contribution >= 4 is 11.6 Å². The summed E-state index contributed by atoms with van der Waals surface area (Å²) >= 11 is 0. The number of anilines is 1. The smallest absolute Gasteiger partial charge is 0.240 e. The van der Waals surface area contributed by atoms with E-state index >= 15 is 0 Å². The Kier molecular flexibility index (Phi) is 3.64. The van der Waals surface area contributed by atoms with Crippen LogP contribution in [0, 0.1) is 0 Å². The van der Waals surface area contributed by atoms with Crippen LogP contribution < -0.4 is 16.2 Å². The topological polar surface area (TPSA) is 58.4 Å². The lowest BCUT2D eigenvalue weighted by atomic mass is 9.97. The third-order valence-electron chi connectivity index (χ3n) is 3.17. The standard InChI is InChI=1S/C13H19N3O/c1-10(5-7-14)11-3-2-4-12(9-11)16-8-6-13(17)15-16/h2-4,9-10H,5-8,14H2,1H3,(H,15,17). The molecule has 1 aromatic carbocycles. The van der Waals surface area contributed by atoms with E-state index in [1.165, 1.54) is 5.56 Å². The average Bonchev–Trinajstić information content (AvgIpc) is 2.76. The van der Waals surface area contributed by atoms with Crippen LogP contribution in [0.1, 0.15) is 31.2 Å². The number of hydrogen-bond acceptors (Lipinski definition) is 3. The first-order valence-corrected chi connectivity index (χ1v) is 6.08. The van der Waals surface area contributed by atoms with Gasteiger partial charge in [0.15, 0.2) is 0 Å². The van der Waals surface area contributed by atoms with Gasteiger partial charge < -0.3 is 5.73 Å². The van der Waals surface area contributed by atoms with E-state index in [4.69, 9.17) is 5.73 Å². The number of amides is 1. The molecule has 1 aliphatic heterocycles. The molecular formula is C13H19N3O. The second kappa shape index (κ2) is 5.19. The van der Waals surface area contributed by atoms with Gasteiger partial charge in [0, 0.05) is 13.0 Å². The molecule has 92 valence electrons. The lowest BCUT2D eigenvalue weighted by Crippen LogP contribution is -2.32. The molecule has 17 heavy (non-hydrogen) atoms. The van der Waals surface area contributed by atoms with Gasteiger partial charge in [-0.05, 0) is 36.6 Å². The highest BCUT2D eigenvalue weighted by Gasteiger charge is 2.19. The van der Waals surface area contributed by atoms with E-state index in [9.17, 15) is 4.79 Å². The maximum atomic E-state index is 11.2. The van der Waals surface area contributed by atoms with Crippen molar-refractivity contribution in [3.63, 3.8) is 0 Å². The summed E-state index contributed by atoms with van der Waals surface area (Å²) in [5.41, 5.74) is 10.7. The first-order valence-electron chi connectivity index (χ1n) is 6.08. The fourth-order valence-corrected chi connectivity index (χ4v) is 2.09. The van der Waals surface area contributed by atoms with Crippen molar-refractivity contribution in [2.45, 2.75) is 25.7 Å². The molecule has 0 bridgehead atoms. The zero-order valence-electron chi connectivity index (χ0n) is 10.1. The molecule has 4 nitrogen and oxygen atoms in total. The Morgan fingerprint density at radius 1 is 1.53 bits per heavy atom. The predicted molar refractivity (Wildman–Crippen MR) is 68.6 cm³/mol. The SMILES string of the molecule is CC(CCN)c1cccc(N2CCC(=O)N2)c1. The second-order valence-corrected chi connectivity index (χ2v) is 4.51. The summed E-state index contributed by atoms with van der Waals surface area (Å²) in [6.07, 6.45) is 1.55. The molecule has 0 aromatic heterocycles. The first kappa shape index (κ1) is 11.9. The molecule has 1 atom stereocenters. The Hall–Kier alpha value is -1.55. The number of nitrogens with zero attached hydrogens (tertiary/aromatic N) is 1. The van der Waals surface area contributed by atoms with Gasteiger partial charge in [-0.25, -0.2) is 0 Å². The zero-order chi connectivity index (χ0) is 12.3. The predicted octanol–water partition coefficient (Wildman–Crippen LogP) is 1.38. The van der Waals surface area contributed by atoms with Gasteiger partial charge in [0.25, 0.3) is 0 Å². The Morgan fingerprint density at radius 3 is 3.00 bits per heavy atom. The summed E-state index contributed by atoms with van der Waals surface area (Å²) in [6.45, 7) is 3.62. The number of nitrogens with two attached hydrogens (primary N) is 1. The summed E-state index contributed by atoms with van der Waals surface area (Å²) in [6, 6.07) is 8.29. The van der Waals surface area contributed by atoms with Crippen LogP contribution >= 0.6 is 0 Å². The van der Waals surface area contributed by atoms with Crippen molar-refractivity contribution in [1.82, 2.24) is 5.43 Å². The number of carbonyl (C=O) groups excluding carboxylic acids is 1. The van der Waals surface area contributed by atoms with Crippen LogP contribution in [0.15, 0.2) is 24.3 Å². The largest absolute Gasteiger partial charge is 0.330 e. The third kappa shape index (κ3) is 2.77. The maximum Gasteiger partial charge on any atom is 0.240 e. The van der Waals surface area contributed by atoms with Gasteiger partial charge in [0.2, 0.25) is 5.91 Å². The molecule has 0 saturated carbocycles. The summed E-state index contributed by atoms with van der Waals surface area (Å²) in [5, 5.41) is 1.90. The molecule has 0 radical (unpaired) electrons. The fourth-order valence-electron chi connectivity index (χ4n) is 2.09. The van der Waals surface area contributed by atoms with Gasteiger partial charge in [0.05, 0.1) is 5.69 Å². The van der Waals surface area contributed by atoms with Gasteiger partial charge in [-0.1, -0.05) is 19.1 Å². The van der Waals surface area contributed by atoms with E-state index in [0.717, 1.165) is 18.7 Å². The normalized spacial score (nSPS) is 17.1. The summed E-state index contributed by atoms with van der Waals surface area (Å²) in [5.74, 6) is 0.545. The summed E-state index contributed by atoms with van der Waals surface area (Å²) in [7, 11) is 0. The molecule has 1 aromatic rings. The number of benzene rings is 1. The lowest BCUT2D eigenvalue weighted by Gasteiger charge is -2.19. The summed E-state index contributed by atoms with van der Waals surface area (Å²) < 4.78 is 0. The van der Waals surface area contributed by atoms with Crippen molar-refractivity contribution in [1.29, 1.82) is 0 Å². The highest BCUT2D eigenvalue weighted by molar-refractivity contribution is 5.81. The van der Waals surface area contributed by atoms with Crippen LogP contribution in [0.25, 0.3) is 0 Å². The molecule has 4 heteroatoms. The molecule has 1 heterocycles. The van der Waals surface area contributed by atoms with E-state index in [0.29, 0.717) is 18.9 Å². The zero-order valence-corrected chi connectivity index (χ0v) is 10.1. The Morgan fingerprint density at radius 2 is 2.35 bits per heavy atom. The number of hydrogen-bond donors (Lipinski definition) is 2. The highest BCUT2D eigenvalue weighted by atomic mass is 16.2. The molecule has 0 aliphatic carbocycles. The van der Waals surface area contributed by atoms with Gasteiger partial charge in [-0.15, -0.1) is 0 Å². The Balaban J connectivity index is 2.13. The Labute approximate surface area is 102 Å². The quantitative estimate of drug-likeness (QED) is 0.826. The van der Waals surface area contributed by atoms with Crippen molar-refractivity contribution in [2.75, 3.05) is 18.1 Å². The van der Waals surface area contributed by atoms with Crippen molar-refractivity contribution in [2.24, 2.45) is 5.73 Å². The van der Waals surface area contributed by atoms with Crippen molar-refractivity contribution in [3.8, 4) is 0 Å². The second-order valence-electron chi connectivity index (χ2n) is 4.51. The minimum Gasteiger partial charge on any atom is -0.330 e. The van der Waals surface area contributed by atoms with Crippen LogP contribution in [-0.2, 0) is 4.79 Å². The number of nitrogens with one attached hydrogen (secondary N) is 1. The molecule has 1 unspecified atom stereocenters. The highest BCUT2D eigenvalue weighted by Crippen LogP contribution is 2.24. The number of carbonyl (C=O) groups is 1. The van der Waals surface area contributed by atoms with Gasteiger partial charge in [0.1, 0.15) is 0 Å². The van der Waals surface area contributed by atoms with E-state index in [1.807, 2.05) is 17.1 Å². The van der Waals surface area contributed by atoms with Crippen LogP contribution in [0.4, 0.5) is 5.69 Å². The van der Waals surface area contributed by atoms with Gasteiger partial charge in [-0.3, -0.25) is 15.2 Å². The molecule has 1 aliphatic rings. The maximum absolute atomic E-state index is 11.2. The fraction of sp³-hybridized carbons (Fsp3) is 0.462. The Bertz CT molecular complexity index is 405. The van der Waals surface area contributed by atoms with E-state index < -0.39 is 0 Å². The van der Waals surface area contributed by atoms with Crippen molar-refractivity contribution < 1.29 is 4.79 Å². The monoisotopic (exact) mass is 233 g/mol. The molecule has 1 fully saturated rings. The molecule has 0 spiro atoms. The minimum absolute atomic E-state index is 0.0883. The van der Waals surface area contributed by atoms with E-state index in [2.05, 4.69) is 24.5 Å². The van der Waals surface area contributed by atoms with Crippen LogP contribution in [-0.4, -0.2) is 19.0 Å². The van der Waals surface area contributed by atoms with Crippen LogP contribution in [0.2, 0.25) is 0 Å². The molecule has 3 N–H and O–H groups in total. The van der Waals surface area contributed by atoms with E-state index in [-0.39, 0.29) is 5.91 Å². The molecular weight excluding hydrogens is 214 g/mol. The lowest BCUT2D eigenvalue weighted by molar-refractivity contribution is -0.119. The van der Waals surface area contributed by atoms with Crippen LogP contribution in [0.3, 0.4) is 0 Å². The number of rotatable bonds is 4. The average molecular weight is 233 g/mol. The van der Waals surface area contributed by atoms with E-state index in [1.54, 1.807) is 0 Å². The third-order valence-corrected chi connectivity index (χ3v) is 3.17. The van der Waals surface area contributed by atoms with Crippen molar-refractivity contribution in [3.05, 3.63) is 29.8 Å². The molecule has 1 amide bonds. The minimum atomic E-state index is 0.0883. The van der Waals surface area contributed by atoms with Gasteiger partial charge >= 0.3 is 0 Å². The number of hydrazine groups is 1. The van der Waals surface area contributed by atoms with Crippen LogP contribution in [0.5, 0.6) is 0 Å².